The molecule has 0 aliphatic carbocycles. The summed E-state index contributed by atoms with van der Waals surface area (Å²) < 4.78 is 6.79. The smallest absolute Gasteiger partial charge is 0.287 e. The Bertz CT molecular complexity index is 789. The largest absolute Gasteiger partial charge is 0.444 e. The molecule has 2 N–H and O–H groups in total. The molecule has 3 rings (SSSR count). The summed E-state index contributed by atoms with van der Waals surface area (Å²) in [4.78, 5) is 12.8. The highest BCUT2D eigenvalue weighted by atomic mass is 79.9. The van der Waals surface area contributed by atoms with Gasteiger partial charge in [0.05, 0.1) is 6.54 Å². The van der Waals surface area contributed by atoms with Gasteiger partial charge in [-0.3, -0.25) is 4.79 Å². The van der Waals surface area contributed by atoms with Crippen molar-refractivity contribution >= 4 is 43.3 Å². The number of carbonyl (C=O) groups is 1. The second-order valence-corrected chi connectivity index (χ2v) is 7.07. The maximum atomic E-state index is 12.0. The van der Waals surface area contributed by atoms with Crippen LogP contribution in [0.1, 0.15) is 22.4 Å². The van der Waals surface area contributed by atoms with Crippen LogP contribution in [0.5, 0.6) is 0 Å². The molecule has 0 aliphatic heterocycles. The fraction of sp³-hybridized carbons (Fsp3) is 0.188. The van der Waals surface area contributed by atoms with Crippen molar-refractivity contribution in [3.05, 3.63) is 57.8 Å². The van der Waals surface area contributed by atoms with Crippen LogP contribution in [0, 0.1) is 0 Å². The first-order valence-corrected chi connectivity index (χ1v) is 8.32. The van der Waals surface area contributed by atoms with Crippen LogP contribution in [0.4, 0.5) is 0 Å². The molecule has 0 bridgehead atoms. The van der Waals surface area contributed by atoms with E-state index in [1.807, 2.05) is 30.3 Å². The highest BCUT2D eigenvalue weighted by Gasteiger charge is 2.26. The highest BCUT2D eigenvalue weighted by Crippen LogP contribution is 2.32. The van der Waals surface area contributed by atoms with Crippen molar-refractivity contribution in [3.8, 4) is 0 Å². The van der Waals surface area contributed by atoms with Crippen molar-refractivity contribution < 1.29 is 14.3 Å². The van der Waals surface area contributed by atoms with E-state index in [1.54, 1.807) is 19.1 Å². The van der Waals surface area contributed by atoms with Gasteiger partial charge in [-0.1, -0.05) is 18.2 Å². The number of rotatable bonds is 4. The Morgan fingerprint density at radius 3 is 2.82 bits per heavy atom. The van der Waals surface area contributed by atoms with Gasteiger partial charge in [0.2, 0.25) is 0 Å². The predicted molar refractivity (Wildman–Crippen MR) is 90.1 cm³/mol. The SMILES string of the molecule is CC(O)(CNC(=O)c1ccc(Br)o1)c1cc2ccccc2s1. The van der Waals surface area contributed by atoms with E-state index in [1.165, 1.54) is 11.3 Å². The van der Waals surface area contributed by atoms with Gasteiger partial charge in [-0.05, 0) is 52.5 Å². The third kappa shape index (κ3) is 3.09. The molecule has 2 aromatic heterocycles. The Hall–Kier alpha value is -1.63. The van der Waals surface area contributed by atoms with Gasteiger partial charge in [0.1, 0.15) is 5.60 Å². The summed E-state index contributed by atoms with van der Waals surface area (Å²) in [5.74, 6) is -0.147. The van der Waals surface area contributed by atoms with Crippen LogP contribution >= 0.6 is 27.3 Å². The van der Waals surface area contributed by atoms with Crippen molar-refractivity contribution in [3.63, 3.8) is 0 Å². The van der Waals surface area contributed by atoms with Gasteiger partial charge in [0.15, 0.2) is 10.4 Å². The normalized spacial score (nSPS) is 14.0. The Morgan fingerprint density at radius 2 is 2.14 bits per heavy atom. The Kier molecular flexibility index (Phi) is 4.08. The van der Waals surface area contributed by atoms with Crippen LogP contribution in [0.25, 0.3) is 10.1 Å². The van der Waals surface area contributed by atoms with Crippen molar-refractivity contribution in [1.29, 1.82) is 0 Å². The Balaban J connectivity index is 1.74. The third-order valence-electron chi connectivity index (χ3n) is 3.35. The number of hydrogen-bond donors (Lipinski definition) is 2. The number of aliphatic hydroxyl groups is 1. The van der Waals surface area contributed by atoms with Gasteiger partial charge in [-0.2, -0.15) is 0 Å². The molecule has 1 atom stereocenters. The zero-order valence-electron chi connectivity index (χ0n) is 11.8. The molecule has 2 heterocycles. The maximum absolute atomic E-state index is 12.0. The second-order valence-electron chi connectivity index (χ2n) is 5.21. The van der Waals surface area contributed by atoms with Crippen LogP contribution in [-0.2, 0) is 5.60 Å². The molecule has 4 nitrogen and oxygen atoms in total. The lowest BCUT2D eigenvalue weighted by Crippen LogP contribution is -2.37. The molecule has 1 aromatic carbocycles. The molecule has 0 fully saturated rings. The first-order valence-electron chi connectivity index (χ1n) is 6.71. The number of hydrogen-bond acceptors (Lipinski definition) is 4. The monoisotopic (exact) mass is 379 g/mol. The quantitative estimate of drug-likeness (QED) is 0.722. The van der Waals surface area contributed by atoms with Crippen molar-refractivity contribution in [2.24, 2.45) is 0 Å². The van der Waals surface area contributed by atoms with E-state index in [4.69, 9.17) is 4.42 Å². The molecular weight excluding hydrogens is 366 g/mol. The summed E-state index contributed by atoms with van der Waals surface area (Å²) in [6.07, 6.45) is 0. The fourth-order valence-electron chi connectivity index (χ4n) is 2.11. The van der Waals surface area contributed by atoms with E-state index in [-0.39, 0.29) is 18.2 Å². The van der Waals surface area contributed by atoms with Crippen LogP contribution in [0.15, 0.2) is 51.6 Å². The van der Waals surface area contributed by atoms with Gasteiger partial charge in [0, 0.05) is 9.58 Å². The minimum Gasteiger partial charge on any atom is -0.444 e. The molecule has 0 radical (unpaired) electrons. The average Bonchev–Trinajstić information content (AvgIpc) is 3.11. The van der Waals surface area contributed by atoms with Gasteiger partial charge >= 0.3 is 0 Å². The number of halogens is 1. The molecule has 0 saturated heterocycles. The number of carbonyl (C=O) groups excluding carboxylic acids is 1. The zero-order valence-corrected chi connectivity index (χ0v) is 14.2. The van der Waals surface area contributed by atoms with E-state index in [9.17, 15) is 9.90 Å². The van der Waals surface area contributed by atoms with Crippen LogP contribution in [0.2, 0.25) is 0 Å². The van der Waals surface area contributed by atoms with E-state index in [0.717, 1.165) is 15.0 Å². The number of benzene rings is 1. The summed E-state index contributed by atoms with van der Waals surface area (Å²) in [6, 6.07) is 13.1. The molecule has 6 heteroatoms. The van der Waals surface area contributed by atoms with Crippen LogP contribution in [-0.4, -0.2) is 17.6 Å². The highest BCUT2D eigenvalue weighted by molar-refractivity contribution is 9.10. The standard InChI is InChI=1S/C16H14BrNO3S/c1-16(20,9-18-15(19)11-6-7-14(17)21-11)13-8-10-4-2-3-5-12(10)22-13/h2-8,20H,9H2,1H3,(H,18,19). The molecule has 0 aliphatic rings. The lowest BCUT2D eigenvalue weighted by atomic mass is 10.0. The molecule has 1 unspecified atom stereocenters. The number of fused-ring (bicyclic) bond motifs is 1. The average molecular weight is 380 g/mol. The van der Waals surface area contributed by atoms with E-state index < -0.39 is 5.60 Å². The van der Waals surface area contributed by atoms with Crippen molar-refractivity contribution in [1.82, 2.24) is 5.32 Å². The third-order valence-corrected chi connectivity index (χ3v) is 5.14. The fourth-order valence-corrected chi connectivity index (χ4v) is 3.52. The van der Waals surface area contributed by atoms with Crippen molar-refractivity contribution in [2.45, 2.75) is 12.5 Å². The van der Waals surface area contributed by atoms with Crippen LogP contribution in [0.3, 0.4) is 0 Å². The molecule has 3 aromatic rings. The summed E-state index contributed by atoms with van der Waals surface area (Å²) in [6.45, 7) is 1.80. The lowest BCUT2D eigenvalue weighted by Gasteiger charge is -2.21. The first-order chi connectivity index (χ1) is 10.5. The maximum Gasteiger partial charge on any atom is 0.287 e. The molecule has 22 heavy (non-hydrogen) atoms. The zero-order chi connectivity index (χ0) is 15.7. The molecule has 0 spiro atoms. The van der Waals surface area contributed by atoms with E-state index in [0.29, 0.717) is 4.67 Å². The summed E-state index contributed by atoms with van der Waals surface area (Å²) in [5.41, 5.74) is -1.14. The van der Waals surface area contributed by atoms with E-state index in [2.05, 4.69) is 21.2 Å². The topological polar surface area (TPSA) is 62.5 Å². The number of amides is 1. The molecule has 1 amide bonds. The first kappa shape index (κ1) is 15.3. The lowest BCUT2D eigenvalue weighted by molar-refractivity contribution is 0.0548. The summed E-state index contributed by atoms with van der Waals surface area (Å²) >= 11 is 4.68. The molecule has 114 valence electrons. The van der Waals surface area contributed by atoms with Gasteiger partial charge in [0.25, 0.3) is 5.91 Å². The number of nitrogens with one attached hydrogen (secondary N) is 1. The van der Waals surface area contributed by atoms with E-state index >= 15 is 0 Å². The minimum absolute atomic E-state index is 0.108. The minimum atomic E-state index is -1.14. The summed E-state index contributed by atoms with van der Waals surface area (Å²) in [5, 5.41) is 14.4. The predicted octanol–water partition coefficient (Wildman–Crippen LogP) is 3.89. The Morgan fingerprint density at radius 1 is 1.36 bits per heavy atom. The molecule has 0 saturated carbocycles. The second kappa shape index (κ2) is 5.87. The van der Waals surface area contributed by atoms with Crippen molar-refractivity contribution in [2.75, 3.05) is 6.54 Å². The van der Waals surface area contributed by atoms with Crippen LogP contribution < -0.4 is 5.32 Å². The van der Waals surface area contributed by atoms with Gasteiger partial charge in [-0.25, -0.2) is 0 Å². The summed E-state index contributed by atoms with van der Waals surface area (Å²) in [7, 11) is 0. The Labute approximate surface area is 139 Å². The van der Waals surface area contributed by atoms with Gasteiger partial charge in [-0.15, -0.1) is 11.3 Å². The number of furan rings is 1. The number of thiophene rings is 1. The molecular formula is C16H14BrNO3S. The van der Waals surface area contributed by atoms with Gasteiger partial charge < -0.3 is 14.8 Å².